The zero-order chi connectivity index (χ0) is 21.4. The van der Waals surface area contributed by atoms with E-state index in [-0.39, 0.29) is 23.8 Å². The zero-order valence-corrected chi connectivity index (χ0v) is 18.6. The molecule has 0 unspecified atom stereocenters. The van der Waals surface area contributed by atoms with Crippen LogP contribution in [0.25, 0.3) is 0 Å². The lowest BCUT2D eigenvalue weighted by molar-refractivity contribution is -0.131. The van der Waals surface area contributed by atoms with Crippen molar-refractivity contribution in [2.45, 2.75) is 57.9 Å². The van der Waals surface area contributed by atoms with Crippen LogP contribution < -0.4 is 20.1 Å². The molecule has 4 aliphatic carbocycles. The Kier molecular flexibility index (Phi) is 5.76. The van der Waals surface area contributed by atoms with Gasteiger partial charge in [-0.25, -0.2) is 0 Å². The Balaban J connectivity index is 1.10. The van der Waals surface area contributed by atoms with Gasteiger partial charge in [0, 0.05) is 19.4 Å². The Hall–Kier alpha value is -1.95. The van der Waals surface area contributed by atoms with Crippen molar-refractivity contribution in [3.05, 3.63) is 22.7 Å². The number of amides is 2. The molecule has 4 bridgehead atoms. The van der Waals surface area contributed by atoms with Gasteiger partial charge < -0.3 is 20.1 Å². The maximum Gasteiger partial charge on any atom is 0.239 e. The second-order valence-electron chi connectivity index (χ2n) is 10.1. The van der Waals surface area contributed by atoms with Gasteiger partial charge in [-0.3, -0.25) is 9.59 Å². The molecule has 7 heteroatoms. The lowest BCUT2D eigenvalue weighted by atomic mass is 9.49. The summed E-state index contributed by atoms with van der Waals surface area (Å²) in [5.41, 5.74) is 1.03. The van der Waals surface area contributed by atoms with Crippen molar-refractivity contribution >= 4 is 23.4 Å². The van der Waals surface area contributed by atoms with E-state index in [9.17, 15) is 9.59 Å². The Morgan fingerprint density at radius 1 is 0.968 bits per heavy atom. The van der Waals surface area contributed by atoms with Gasteiger partial charge in [0.05, 0.1) is 24.8 Å². The summed E-state index contributed by atoms with van der Waals surface area (Å²) in [7, 11) is 0. The topological polar surface area (TPSA) is 76.7 Å². The van der Waals surface area contributed by atoms with Crippen molar-refractivity contribution in [1.82, 2.24) is 10.6 Å². The second-order valence-corrected chi connectivity index (χ2v) is 10.5. The van der Waals surface area contributed by atoms with E-state index in [4.69, 9.17) is 21.1 Å². The average molecular weight is 447 g/mol. The lowest BCUT2D eigenvalue weighted by Crippen LogP contribution is -2.48. The van der Waals surface area contributed by atoms with Gasteiger partial charge in [-0.1, -0.05) is 11.6 Å². The first-order valence-electron chi connectivity index (χ1n) is 11.6. The van der Waals surface area contributed by atoms with E-state index in [1.807, 2.05) is 6.07 Å². The van der Waals surface area contributed by atoms with E-state index < -0.39 is 0 Å². The number of fused-ring (bicyclic) bond motifs is 1. The summed E-state index contributed by atoms with van der Waals surface area (Å²) < 4.78 is 11.3. The van der Waals surface area contributed by atoms with Gasteiger partial charge in [-0.2, -0.15) is 0 Å². The van der Waals surface area contributed by atoms with E-state index in [0.29, 0.717) is 42.7 Å². The minimum atomic E-state index is -0.206. The summed E-state index contributed by atoms with van der Waals surface area (Å²) >= 11 is 6.31. The van der Waals surface area contributed by atoms with Crippen molar-refractivity contribution in [3.63, 3.8) is 0 Å². The van der Waals surface area contributed by atoms with Crippen LogP contribution in [0.3, 0.4) is 0 Å². The lowest BCUT2D eigenvalue weighted by Gasteiger charge is -2.56. The third kappa shape index (κ3) is 4.64. The number of benzene rings is 1. The molecule has 2 N–H and O–H groups in total. The summed E-state index contributed by atoms with van der Waals surface area (Å²) in [5.74, 6) is 3.44. The van der Waals surface area contributed by atoms with Gasteiger partial charge in [-0.15, -0.1) is 0 Å². The smallest absolute Gasteiger partial charge is 0.239 e. The third-order valence-electron chi connectivity index (χ3n) is 7.50. The molecule has 2 amide bonds. The Labute approximate surface area is 188 Å². The molecular formula is C24H31ClN2O4. The third-order valence-corrected chi connectivity index (χ3v) is 7.78. The first-order chi connectivity index (χ1) is 15.0. The van der Waals surface area contributed by atoms with E-state index in [0.717, 1.165) is 29.7 Å². The van der Waals surface area contributed by atoms with Gasteiger partial charge in [0.2, 0.25) is 11.8 Å². The molecule has 0 aromatic heterocycles. The number of halogens is 1. The van der Waals surface area contributed by atoms with Crippen LogP contribution in [-0.4, -0.2) is 31.6 Å². The first kappa shape index (κ1) is 20.9. The van der Waals surface area contributed by atoms with Gasteiger partial charge in [0.1, 0.15) is 0 Å². The number of carbonyl (C=O) groups excluding carboxylic acids is 2. The van der Waals surface area contributed by atoms with E-state index >= 15 is 0 Å². The van der Waals surface area contributed by atoms with Crippen molar-refractivity contribution in [1.29, 1.82) is 0 Å². The molecule has 0 saturated heterocycles. The van der Waals surface area contributed by atoms with Crippen molar-refractivity contribution < 1.29 is 19.1 Å². The highest BCUT2D eigenvalue weighted by atomic mass is 35.5. The van der Waals surface area contributed by atoms with Gasteiger partial charge in [-0.05, 0) is 79.4 Å². The summed E-state index contributed by atoms with van der Waals surface area (Å²) in [6.07, 6.45) is 9.07. The molecule has 6 nitrogen and oxygen atoms in total. The quantitative estimate of drug-likeness (QED) is 0.696. The molecule has 1 heterocycles. The Morgan fingerprint density at radius 2 is 1.65 bits per heavy atom. The fourth-order valence-electron chi connectivity index (χ4n) is 6.74. The molecule has 0 spiro atoms. The highest BCUT2D eigenvalue weighted by molar-refractivity contribution is 6.32. The van der Waals surface area contributed by atoms with E-state index in [2.05, 4.69) is 10.6 Å². The van der Waals surface area contributed by atoms with Crippen LogP contribution in [0.5, 0.6) is 11.5 Å². The molecule has 6 rings (SSSR count). The molecule has 0 radical (unpaired) electrons. The summed E-state index contributed by atoms with van der Waals surface area (Å²) in [6, 6.07) is 3.62. The van der Waals surface area contributed by atoms with Gasteiger partial charge >= 0.3 is 0 Å². The minimum Gasteiger partial charge on any atom is -0.489 e. The normalized spacial score (nSPS) is 30.5. The predicted molar refractivity (Wildman–Crippen MR) is 117 cm³/mol. The molecule has 0 atom stereocenters. The molecule has 1 aromatic carbocycles. The number of hydrogen-bond donors (Lipinski definition) is 2. The van der Waals surface area contributed by atoms with Crippen molar-refractivity contribution in [2.75, 3.05) is 19.8 Å². The van der Waals surface area contributed by atoms with Crippen LogP contribution in [0.2, 0.25) is 5.02 Å². The Morgan fingerprint density at radius 3 is 2.35 bits per heavy atom. The first-order valence-corrected chi connectivity index (χ1v) is 12.0. The van der Waals surface area contributed by atoms with Crippen LogP contribution in [-0.2, 0) is 16.1 Å². The van der Waals surface area contributed by atoms with Crippen molar-refractivity contribution in [3.8, 4) is 11.5 Å². The molecular weight excluding hydrogens is 416 g/mol. The van der Waals surface area contributed by atoms with Crippen LogP contribution in [0.4, 0.5) is 0 Å². The SMILES string of the molecule is O=C(CNC(=O)CC12CC3CC(CC(C3)C1)C2)NCc1cc(Cl)c2c(c1)OCCCO2. The zero-order valence-electron chi connectivity index (χ0n) is 17.9. The van der Waals surface area contributed by atoms with Gasteiger partial charge in [0.15, 0.2) is 11.5 Å². The van der Waals surface area contributed by atoms with E-state index in [1.54, 1.807) is 6.07 Å². The van der Waals surface area contributed by atoms with E-state index in [1.165, 1.54) is 38.5 Å². The fourth-order valence-corrected chi connectivity index (χ4v) is 7.03. The second kappa shape index (κ2) is 8.53. The standard InChI is InChI=1S/C24H31ClN2O4/c25-19-7-18(8-20-23(19)31-3-1-2-30-20)13-26-22(29)14-27-21(28)12-24-9-15-4-16(10-24)6-17(5-15)11-24/h7-8,15-17H,1-6,9-14H2,(H,26,29)(H,27,28). The number of nitrogens with one attached hydrogen (secondary N) is 2. The molecule has 1 aliphatic heterocycles. The highest BCUT2D eigenvalue weighted by Gasteiger charge is 2.51. The molecule has 1 aromatic rings. The molecule has 4 fully saturated rings. The maximum atomic E-state index is 12.6. The number of ether oxygens (including phenoxy) is 2. The largest absolute Gasteiger partial charge is 0.489 e. The molecule has 4 saturated carbocycles. The summed E-state index contributed by atoms with van der Waals surface area (Å²) in [4.78, 5) is 24.9. The Bertz CT molecular complexity index is 836. The monoisotopic (exact) mass is 446 g/mol. The average Bonchev–Trinajstić information content (AvgIpc) is 2.95. The number of rotatable bonds is 6. The van der Waals surface area contributed by atoms with Crippen LogP contribution >= 0.6 is 11.6 Å². The maximum absolute atomic E-state index is 12.6. The van der Waals surface area contributed by atoms with Crippen molar-refractivity contribution in [2.24, 2.45) is 23.2 Å². The molecule has 168 valence electrons. The number of carbonyl (C=O) groups is 2. The fraction of sp³-hybridized carbons (Fsp3) is 0.667. The molecule has 31 heavy (non-hydrogen) atoms. The summed E-state index contributed by atoms with van der Waals surface area (Å²) in [6.45, 7) is 1.48. The van der Waals surface area contributed by atoms with Crippen LogP contribution in [0.1, 0.15) is 56.9 Å². The van der Waals surface area contributed by atoms with Gasteiger partial charge in [0.25, 0.3) is 0 Å². The molecule has 5 aliphatic rings. The number of hydrogen-bond acceptors (Lipinski definition) is 4. The van der Waals surface area contributed by atoms with Crippen LogP contribution in [0, 0.1) is 23.2 Å². The van der Waals surface area contributed by atoms with Crippen LogP contribution in [0.15, 0.2) is 12.1 Å². The predicted octanol–water partition coefficient (Wildman–Crippen LogP) is 3.84. The minimum absolute atomic E-state index is 0.00346. The summed E-state index contributed by atoms with van der Waals surface area (Å²) in [5, 5.41) is 6.18. The highest BCUT2D eigenvalue weighted by Crippen LogP contribution is 2.61.